The minimum Gasteiger partial charge on any atom is -0.352 e. The van der Waals surface area contributed by atoms with Crippen molar-refractivity contribution in [2.75, 3.05) is 19.6 Å². The first-order valence-electron chi connectivity index (χ1n) is 8.21. The monoisotopic (exact) mass is 340 g/mol. The van der Waals surface area contributed by atoms with E-state index in [9.17, 15) is 13.2 Å². The second kappa shape index (κ2) is 9.03. The number of nitrogens with one attached hydrogen (secondary N) is 1. The van der Waals surface area contributed by atoms with Crippen LogP contribution in [0.2, 0.25) is 0 Å². The summed E-state index contributed by atoms with van der Waals surface area (Å²) >= 11 is 0. The van der Waals surface area contributed by atoms with E-state index in [1.807, 2.05) is 27.7 Å². The molecule has 0 bridgehead atoms. The molecule has 6 heteroatoms. The number of benzene rings is 1. The van der Waals surface area contributed by atoms with Gasteiger partial charge in [0, 0.05) is 25.2 Å². The molecule has 130 valence electrons. The number of amides is 1. The van der Waals surface area contributed by atoms with Crippen molar-refractivity contribution in [3.63, 3.8) is 0 Å². The van der Waals surface area contributed by atoms with Gasteiger partial charge >= 0.3 is 0 Å². The molecule has 0 unspecified atom stereocenters. The SMILES string of the molecule is CCCN(CCC)S(=O)(=O)c1ccc(C(=O)NCC(C)C)cc1. The molecule has 0 atom stereocenters. The summed E-state index contributed by atoms with van der Waals surface area (Å²) in [4.78, 5) is 12.2. The first-order chi connectivity index (χ1) is 10.8. The highest BCUT2D eigenvalue weighted by Gasteiger charge is 2.23. The van der Waals surface area contributed by atoms with E-state index in [1.165, 1.54) is 16.4 Å². The highest BCUT2D eigenvalue weighted by molar-refractivity contribution is 7.89. The Kier molecular flexibility index (Phi) is 7.72. The van der Waals surface area contributed by atoms with Gasteiger partial charge in [0.05, 0.1) is 4.90 Å². The van der Waals surface area contributed by atoms with Crippen LogP contribution >= 0.6 is 0 Å². The topological polar surface area (TPSA) is 66.5 Å². The molecular weight excluding hydrogens is 312 g/mol. The number of rotatable bonds is 9. The highest BCUT2D eigenvalue weighted by Crippen LogP contribution is 2.17. The molecule has 0 aliphatic rings. The summed E-state index contributed by atoms with van der Waals surface area (Å²) in [5.74, 6) is 0.192. The molecule has 0 aromatic heterocycles. The van der Waals surface area contributed by atoms with Crippen LogP contribution in [0, 0.1) is 5.92 Å². The third-order valence-electron chi connectivity index (χ3n) is 3.37. The Balaban J connectivity index is 2.91. The zero-order valence-corrected chi connectivity index (χ0v) is 15.3. The molecule has 1 rings (SSSR count). The molecule has 1 aromatic rings. The summed E-state index contributed by atoms with van der Waals surface area (Å²) in [6.45, 7) is 9.57. The third-order valence-corrected chi connectivity index (χ3v) is 5.28. The van der Waals surface area contributed by atoms with Crippen LogP contribution in [-0.4, -0.2) is 38.3 Å². The third kappa shape index (κ3) is 5.62. The smallest absolute Gasteiger partial charge is 0.251 e. The average Bonchev–Trinajstić information content (AvgIpc) is 2.52. The molecule has 23 heavy (non-hydrogen) atoms. The van der Waals surface area contributed by atoms with Gasteiger partial charge in [-0.05, 0) is 43.0 Å². The van der Waals surface area contributed by atoms with Crippen molar-refractivity contribution >= 4 is 15.9 Å². The van der Waals surface area contributed by atoms with Crippen LogP contribution in [0.15, 0.2) is 29.2 Å². The number of nitrogens with zero attached hydrogens (tertiary/aromatic N) is 1. The Morgan fingerprint density at radius 2 is 1.61 bits per heavy atom. The van der Waals surface area contributed by atoms with Gasteiger partial charge in [-0.15, -0.1) is 0 Å². The molecular formula is C17H28N2O3S. The number of hydrogen-bond acceptors (Lipinski definition) is 3. The van der Waals surface area contributed by atoms with Crippen molar-refractivity contribution in [3.05, 3.63) is 29.8 Å². The second-order valence-electron chi connectivity index (χ2n) is 6.03. The second-order valence-corrected chi connectivity index (χ2v) is 7.97. The molecule has 0 radical (unpaired) electrons. The maximum Gasteiger partial charge on any atom is 0.251 e. The van der Waals surface area contributed by atoms with E-state index in [2.05, 4.69) is 5.32 Å². The van der Waals surface area contributed by atoms with Crippen LogP contribution in [0.5, 0.6) is 0 Å². The van der Waals surface area contributed by atoms with Gasteiger partial charge < -0.3 is 5.32 Å². The Labute approximate surface area is 140 Å². The fourth-order valence-corrected chi connectivity index (χ4v) is 3.80. The maximum atomic E-state index is 12.6. The van der Waals surface area contributed by atoms with Gasteiger partial charge in [0.25, 0.3) is 5.91 Å². The van der Waals surface area contributed by atoms with Crippen LogP contribution in [0.1, 0.15) is 50.9 Å². The molecule has 1 N–H and O–H groups in total. The van der Waals surface area contributed by atoms with E-state index >= 15 is 0 Å². The predicted molar refractivity (Wildman–Crippen MR) is 93.0 cm³/mol. The van der Waals surface area contributed by atoms with Crippen molar-refractivity contribution in [3.8, 4) is 0 Å². The van der Waals surface area contributed by atoms with E-state index in [4.69, 9.17) is 0 Å². The molecule has 0 fully saturated rings. The minimum absolute atomic E-state index is 0.179. The van der Waals surface area contributed by atoms with Gasteiger partial charge in [0.1, 0.15) is 0 Å². The number of hydrogen-bond donors (Lipinski definition) is 1. The molecule has 1 aromatic carbocycles. The van der Waals surface area contributed by atoms with Gasteiger partial charge in [0.15, 0.2) is 0 Å². The molecule has 0 saturated carbocycles. The summed E-state index contributed by atoms with van der Waals surface area (Å²) in [7, 11) is -3.49. The molecule has 5 nitrogen and oxygen atoms in total. The molecule has 0 heterocycles. The Hall–Kier alpha value is -1.40. The summed E-state index contributed by atoms with van der Waals surface area (Å²) < 4.78 is 26.8. The van der Waals surface area contributed by atoms with E-state index < -0.39 is 10.0 Å². The van der Waals surface area contributed by atoms with E-state index in [-0.39, 0.29) is 10.8 Å². The Morgan fingerprint density at radius 1 is 1.09 bits per heavy atom. The van der Waals surface area contributed by atoms with E-state index in [1.54, 1.807) is 12.1 Å². The molecule has 0 spiro atoms. The van der Waals surface area contributed by atoms with Crippen molar-refractivity contribution in [1.82, 2.24) is 9.62 Å². The molecule has 0 saturated heterocycles. The quantitative estimate of drug-likeness (QED) is 0.751. The molecule has 0 aliphatic carbocycles. The van der Waals surface area contributed by atoms with Crippen molar-refractivity contribution < 1.29 is 13.2 Å². The lowest BCUT2D eigenvalue weighted by molar-refractivity contribution is 0.0949. The van der Waals surface area contributed by atoms with Crippen LogP contribution < -0.4 is 5.32 Å². The van der Waals surface area contributed by atoms with Gasteiger partial charge in [-0.3, -0.25) is 4.79 Å². The number of carbonyl (C=O) groups excluding carboxylic acids is 1. The predicted octanol–water partition coefficient (Wildman–Crippen LogP) is 2.88. The van der Waals surface area contributed by atoms with Crippen LogP contribution in [0.25, 0.3) is 0 Å². The Bertz CT molecular complexity index is 589. The summed E-state index contributed by atoms with van der Waals surface area (Å²) in [5.41, 5.74) is 0.474. The summed E-state index contributed by atoms with van der Waals surface area (Å²) in [6.07, 6.45) is 1.55. The standard InChI is InChI=1S/C17H28N2O3S/c1-5-11-19(12-6-2)23(21,22)16-9-7-15(8-10-16)17(20)18-13-14(3)4/h7-10,14H,5-6,11-13H2,1-4H3,(H,18,20). The fraction of sp³-hybridized carbons (Fsp3) is 0.588. The summed E-state index contributed by atoms with van der Waals surface area (Å²) in [6, 6.07) is 6.16. The van der Waals surface area contributed by atoms with Gasteiger partial charge in [-0.25, -0.2) is 8.42 Å². The number of sulfonamides is 1. The average molecular weight is 340 g/mol. The van der Waals surface area contributed by atoms with Crippen molar-refractivity contribution in [1.29, 1.82) is 0 Å². The first kappa shape index (κ1) is 19.6. The van der Waals surface area contributed by atoms with Crippen LogP contribution in [0.4, 0.5) is 0 Å². The van der Waals surface area contributed by atoms with E-state index in [0.29, 0.717) is 31.1 Å². The lowest BCUT2D eigenvalue weighted by atomic mass is 10.2. The zero-order chi connectivity index (χ0) is 17.5. The molecule has 0 aliphatic heterocycles. The van der Waals surface area contributed by atoms with Crippen LogP contribution in [0.3, 0.4) is 0 Å². The number of carbonyl (C=O) groups is 1. The largest absolute Gasteiger partial charge is 0.352 e. The normalized spacial score (nSPS) is 11.9. The summed E-state index contributed by atoms with van der Waals surface area (Å²) in [5, 5.41) is 2.82. The van der Waals surface area contributed by atoms with Crippen LogP contribution in [-0.2, 0) is 10.0 Å². The fourth-order valence-electron chi connectivity index (χ4n) is 2.18. The van der Waals surface area contributed by atoms with Gasteiger partial charge in [-0.1, -0.05) is 27.7 Å². The zero-order valence-electron chi connectivity index (χ0n) is 14.5. The maximum absolute atomic E-state index is 12.6. The lowest BCUT2D eigenvalue weighted by Crippen LogP contribution is -2.32. The van der Waals surface area contributed by atoms with Crippen molar-refractivity contribution in [2.45, 2.75) is 45.4 Å². The Morgan fingerprint density at radius 3 is 2.04 bits per heavy atom. The highest BCUT2D eigenvalue weighted by atomic mass is 32.2. The first-order valence-corrected chi connectivity index (χ1v) is 9.65. The lowest BCUT2D eigenvalue weighted by Gasteiger charge is -2.21. The van der Waals surface area contributed by atoms with Crippen molar-refractivity contribution in [2.24, 2.45) is 5.92 Å². The van der Waals surface area contributed by atoms with Gasteiger partial charge in [-0.2, -0.15) is 4.31 Å². The molecule has 1 amide bonds. The van der Waals surface area contributed by atoms with Gasteiger partial charge in [0.2, 0.25) is 10.0 Å². The minimum atomic E-state index is -3.49. The van der Waals surface area contributed by atoms with E-state index in [0.717, 1.165) is 12.8 Å².